The van der Waals surface area contributed by atoms with Crippen molar-refractivity contribution in [3.63, 3.8) is 0 Å². The Bertz CT molecular complexity index is 804. The monoisotopic (exact) mass is 371 g/mol. The number of nitrogens with zero attached hydrogens (tertiary/aromatic N) is 1. The summed E-state index contributed by atoms with van der Waals surface area (Å²) < 4.78 is 5.46. The lowest BCUT2D eigenvalue weighted by atomic mass is 9.48. The van der Waals surface area contributed by atoms with Gasteiger partial charge in [0, 0.05) is 43.5 Å². The van der Waals surface area contributed by atoms with Crippen LogP contribution in [0.5, 0.6) is 5.75 Å². The van der Waals surface area contributed by atoms with Gasteiger partial charge in [0.25, 0.3) is 0 Å². The molecule has 146 valence electrons. The molecule has 5 heteroatoms. The molecule has 0 spiro atoms. The second kappa shape index (κ2) is 5.79. The summed E-state index contributed by atoms with van der Waals surface area (Å²) in [5.41, 5.74) is 0.985. The van der Waals surface area contributed by atoms with Gasteiger partial charge in [-0.3, -0.25) is 9.69 Å². The molecule has 5 nitrogen and oxygen atoms in total. The molecular formula is C22H29NO4. The van der Waals surface area contributed by atoms with Gasteiger partial charge in [0.15, 0.2) is 5.78 Å². The van der Waals surface area contributed by atoms with E-state index in [1.165, 1.54) is 12.8 Å². The van der Waals surface area contributed by atoms with E-state index in [1.54, 1.807) is 7.11 Å². The van der Waals surface area contributed by atoms with Crippen LogP contribution in [0.15, 0.2) is 12.1 Å². The fourth-order valence-corrected chi connectivity index (χ4v) is 6.15. The van der Waals surface area contributed by atoms with Crippen LogP contribution >= 0.6 is 0 Å². The van der Waals surface area contributed by atoms with Crippen molar-refractivity contribution >= 4 is 5.78 Å². The summed E-state index contributed by atoms with van der Waals surface area (Å²) in [5, 5.41) is 23.1. The lowest BCUT2D eigenvalue weighted by Gasteiger charge is -2.64. The Kier molecular flexibility index (Phi) is 3.78. The quantitative estimate of drug-likeness (QED) is 0.851. The molecule has 0 aromatic heterocycles. The lowest BCUT2D eigenvalue weighted by Crippen LogP contribution is -2.75. The van der Waals surface area contributed by atoms with E-state index < -0.39 is 17.1 Å². The van der Waals surface area contributed by atoms with Crippen molar-refractivity contribution in [2.45, 2.75) is 68.6 Å². The van der Waals surface area contributed by atoms with Crippen molar-refractivity contribution in [1.29, 1.82) is 0 Å². The summed E-state index contributed by atoms with van der Waals surface area (Å²) in [4.78, 5) is 15.3. The highest BCUT2D eigenvalue weighted by Gasteiger charge is 2.67. The highest BCUT2D eigenvalue weighted by atomic mass is 16.5. The first-order chi connectivity index (χ1) is 12.9. The predicted molar refractivity (Wildman–Crippen MR) is 101 cm³/mol. The van der Waals surface area contributed by atoms with Crippen molar-refractivity contribution < 1.29 is 19.7 Å². The zero-order valence-electron chi connectivity index (χ0n) is 16.2. The number of aryl methyl sites for hydroxylation is 1. The number of phenolic OH excluding ortho intramolecular Hbond substituents is 1. The number of hydrogen-bond acceptors (Lipinski definition) is 5. The standard InChI is InChI=1S/C22H29NO4/c1-13-3-6-15-9-18-22(26)11-17(27-2)16(24)10-21(22,19(15)20(13)25)7-8-23(18)12-14-4-5-14/h3,6,14,17-18,25-26H,4-5,7-12H2,1-2H3/t17?,18-,21-,22-/m0/s1. The summed E-state index contributed by atoms with van der Waals surface area (Å²) in [5.74, 6) is 1.06. The molecule has 0 radical (unpaired) electrons. The van der Waals surface area contributed by atoms with E-state index in [2.05, 4.69) is 11.0 Å². The molecule has 1 heterocycles. The third kappa shape index (κ3) is 2.31. The number of carbonyl (C=O) groups excluding carboxylic acids is 1. The Hall–Kier alpha value is -1.43. The largest absolute Gasteiger partial charge is 0.507 e. The average Bonchev–Trinajstić information content (AvgIpc) is 3.44. The summed E-state index contributed by atoms with van der Waals surface area (Å²) >= 11 is 0. The van der Waals surface area contributed by atoms with E-state index in [4.69, 9.17) is 4.74 Å². The van der Waals surface area contributed by atoms with Gasteiger partial charge in [0.05, 0.1) is 5.60 Å². The molecule has 3 fully saturated rings. The smallest absolute Gasteiger partial charge is 0.162 e. The molecule has 1 aromatic rings. The average molecular weight is 371 g/mol. The molecule has 5 rings (SSSR count). The minimum atomic E-state index is -1.05. The lowest BCUT2D eigenvalue weighted by molar-refractivity contribution is -0.192. The van der Waals surface area contributed by atoms with Crippen molar-refractivity contribution in [3.05, 3.63) is 28.8 Å². The summed E-state index contributed by atoms with van der Waals surface area (Å²) in [7, 11) is 1.56. The van der Waals surface area contributed by atoms with E-state index >= 15 is 0 Å². The Labute approximate surface area is 160 Å². The third-order valence-electron chi connectivity index (χ3n) is 7.81. The van der Waals surface area contributed by atoms with Gasteiger partial charge in [-0.15, -0.1) is 0 Å². The minimum Gasteiger partial charge on any atom is -0.507 e. The van der Waals surface area contributed by atoms with Crippen LogP contribution < -0.4 is 0 Å². The number of ketones is 1. The van der Waals surface area contributed by atoms with E-state index in [-0.39, 0.29) is 24.0 Å². The summed E-state index contributed by atoms with van der Waals surface area (Å²) in [6.07, 6.45) is 4.00. The van der Waals surface area contributed by atoms with Gasteiger partial charge >= 0.3 is 0 Å². The molecule has 1 aromatic carbocycles. The molecule has 4 atom stereocenters. The fourth-order valence-electron chi connectivity index (χ4n) is 6.15. The Balaban J connectivity index is 1.68. The van der Waals surface area contributed by atoms with Crippen LogP contribution in [-0.4, -0.2) is 58.8 Å². The Morgan fingerprint density at radius 2 is 2.11 bits per heavy atom. The maximum Gasteiger partial charge on any atom is 0.162 e. The maximum atomic E-state index is 12.9. The summed E-state index contributed by atoms with van der Waals surface area (Å²) in [6.45, 7) is 3.80. The second-order valence-corrected chi connectivity index (χ2v) is 9.25. The number of phenols is 1. The molecule has 27 heavy (non-hydrogen) atoms. The number of likely N-dealkylation sites (tertiary alicyclic amines) is 1. The van der Waals surface area contributed by atoms with Gasteiger partial charge in [-0.25, -0.2) is 0 Å². The molecule has 2 bridgehead atoms. The molecule has 2 saturated carbocycles. The third-order valence-corrected chi connectivity index (χ3v) is 7.81. The molecule has 1 aliphatic heterocycles. The van der Waals surface area contributed by atoms with Crippen LogP contribution in [0.3, 0.4) is 0 Å². The topological polar surface area (TPSA) is 70.0 Å². The van der Waals surface area contributed by atoms with Crippen molar-refractivity contribution in [3.8, 4) is 5.75 Å². The minimum absolute atomic E-state index is 0.0211. The summed E-state index contributed by atoms with van der Waals surface area (Å²) in [6, 6.07) is 4.03. The highest BCUT2D eigenvalue weighted by molar-refractivity contribution is 5.87. The molecule has 4 aliphatic rings. The number of piperidine rings is 1. The zero-order valence-corrected chi connectivity index (χ0v) is 16.2. The fraction of sp³-hybridized carbons (Fsp3) is 0.682. The van der Waals surface area contributed by atoms with Crippen LogP contribution in [0, 0.1) is 12.8 Å². The number of Topliss-reactive ketones (excluding diaryl/α,β-unsaturated/α-hetero) is 1. The van der Waals surface area contributed by atoms with Crippen LogP contribution in [0.25, 0.3) is 0 Å². The van der Waals surface area contributed by atoms with Crippen LogP contribution in [-0.2, 0) is 21.4 Å². The molecule has 1 unspecified atom stereocenters. The number of methoxy groups -OCH3 is 1. The van der Waals surface area contributed by atoms with Gasteiger partial charge in [-0.05, 0) is 56.2 Å². The normalized spacial score (nSPS) is 38.4. The number of carbonyl (C=O) groups is 1. The number of ether oxygens (including phenoxy) is 1. The first-order valence-electron chi connectivity index (χ1n) is 10.2. The van der Waals surface area contributed by atoms with Crippen LogP contribution in [0.1, 0.15) is 48.8 Å². The molecule has 2 N–H and O–H groups in total. The number of benzene rings is 1. The number of hydrogen-bond donors (Lipinski definition) is 2. The van der Waals surface area contributed by atoms with Crippen molar-refractivity contribution in [1.82, 2.24) is 4.90 Å². The van der Waals surface area contributed by atoms with Crippen molar-refractivity contribution in [2.75, 3.05) is 20.2 Å². The van der Waals surface area contributed by atoms with Crippen molar-refractivity contribution in [2.24, 2.45) is 5.92 Å². The van der Waals surface area contributed by atoms with Gasteiger partial charge in [-0.1, -0.05) is 12.1 Å². The van der Waals surface area contributed by atoms with E-state index in [0.29, 0.717) is 12.8 Å². The van der Waals surface area contributed by atoms with Crippen LogP contribution in [0.4, 0.5) is 0 Å². The number of aromatic hydroxyl groups is 1. The molecular weight excluding hydrogens is 342 g/mol. The Morgan fingerprint density at radius 1 is 1.33 bits per heavy atom. The highest BCUT2D eigenvalue weighted by Crippen LogP contribution is 2.60. The van der Waals surface area contributed by atoms with E-state index in [0.717, 1.165) is 42.1 Å². The van der Waals surface area contributed by atoms with Gasteiger partial charge in [-0.2, -0.15) is 0 Å². The first-order valence-corrected chi connectivity index (χ1v) is 10.2. The van der Waals surface area contributed by atoms with Gasteiger partial charge in [0.2, 0.25) is 0 Å². The van der Waals surface area contributed by atoms with Crippen LogP contribution in [0.2, 0.25) is 0 Å². The van der Waals surface area contributed by atoms with E-state index in [9.17, 15) is 15.0 Å². The molecule has 3 aliphatic carbocycles. The van der Waals surface area contributed by atoms with E-state index in [1.807, 2.05) is 13.0 Å². The molecule has 0 amide bonds. The predicted octanol–water partition coefficient (Wildman–Crippen LogP) is 2.09. The number of fused-ring (bicyclic) bond motifs is 1. The SMILES string of the molecule is COC1C[C@]2(O)[C@@H]3Cc4ccc(C)c(O)c4[C@]2(CCN3CC2CC2)CC1=O. The van der Waals surface area contributed by atoms with Gasteiger partial charge in [0.1, 0.15) is 11.9 Å². The first kappa shape index (κ1) is 17.7. The number of aliphatic hydroxyl groups is 1. The zero-order chi connectivity index (χ0) is 19.0. The molecule has 1 saturated heterocycles. The maximum absolute atomic E-state index is 12.9. The second-order valence-electron chi connectivity index (χ2n) is 9.25. The number of rotatable bonds is 3. The van der Waals surface area contributed by atoms with Gasteiger partial charge < -0.3 is 14.9 Å². The Morgan fingerprint density at radius 3 is 2.81 bits per heavy atom.